The molecule has 1 saturated carbocycles. The molecule has 0 radical (unpaired) electrons. The number of amides is 2. The molecule has 0 aromatic heterocycles. The van der Waals surface area contributed by atoms with Gasteiger partial charge in [0, 0.05) is 25.0 Å². The number of rotatable bonds is 9. The van der Waals surface area contributed by atoms with Crippen LogP contribution in [-0.4, -0.2) is 52.3 Å². The van der Waals surface area contributed by atoms with E-state index in [1.165, 1.54) is 0 Å². The van der Waals surface area contributed by atoms with Gasteiger partial charge >= 0.3 is 12.0 Å². The van der Waals surface area contributed by atoms with Gasteiger partial charge in [-0.05, 0) is 37.7 Å². The summed E-state index contributed by atoms with van der Waals surface area (Å²) in [5.74, 6) is -0.867. The summed E-state index contributed by atoms with van der Waals surface area (Å²) in [5, 5.41) is 21.1. The molecule has 132 valence electrons. The lowest BCUT2D eigenvalue weighted by molar-refractivity contribution is -0.137. The molecule has 1 aliphatic carbocycles. The van der Waals surface area contributed by atoms with Crippen LogP contribution in [0.4, 0.5) is 4.79 Å². The summed E-state index contributed by atoms with van der Waals surface area (Å²) in [4.78, 5) is 25.1. The van der Waals surface area contributed by atoms with Crippen LogP contribution in [0, 0.1) is 0 Å². The maximum absolute atomic E-state index is 12.6. The number of aliphatic hydroxyl groups is 1. The largest absolute Gasteiger partial charge is 0.481 e. The number of aliphatic carboxylic acids is 1. The third kappa shape index (κ3) is 5.53. The molecule has 1 unspecified atom stereocenters. The second-order valence-electron chi connectivity index (χ2n) is 6.27. The fourth-order valence-electron chi connectivity index (χ4n) is 2.94. The molecule has 1 fully saturated rings. The minimum atomic E-state index is -0.867. The summed E-state index contributed by atoms with van der Waals surface area (Å²) in [6.07, 6.45) is 4.02. The predicted molar refractivity (Wildman–Crippen MR) is 90.8 cm³/mol. The smallest absolute Gasteiger partial charge is 0.317 e. The van der Waals surface area contributed by atoms with Gasteiger partial charge in [-0.1, -0.05) is 30.3 Å². The Balaban J connectivity index is 1.99. The molecule has 0 bridgehead atoms. The van der Waals surface area contributed by atoms with Crippen LogP contribution in [0.2, 0.25) is 0 Å². The van der Waals surface area contributed by atoms with Crippen LogP contribution < -0.4 is 5.32 Å². The second kappa shape index (κ2) is 9.27. The Labute approximate surface area is 142 Å². The van der Waals surface area contributed by atoms with Crippen molar-refractivity contribution >= 4 is 12.0 Å². The van der Waals surface area contributed by atoms with Crippen LogP contribution in [0.5, 0.6) is 0 Å². The van der Waals surface area contributed by atoms with E-state index in [1.54, 1.807) is 4.90 Å². The van der Waals surface area contributed by atoms with Crippen molar-refractivity contribution in [1.29, 1.82) is 0 Å². The standard InChI is InChI=1S/C18H26N2O4/c21-12-11-20(16-7-4-8-16)18(24)19-15(9-10-17(22)23)13-14-5-2-1-3-6-14/h1-3,5-6,15-16,21H,4,7-13H2,(H,19,24)(H,22,23). The lowest BCUT2D eigenvalue weighted by atomic mass is 9.91. The van der Waals surface area contributed by atoms with E-state index < -0.39 is 5.97 Å². The Morgan fingerprint density at radius 2 is 1.96 bits per heavy atom. The average molecular weight is 334 g/mol. The molecule has 3 N–H and O–H groups in total. The van der Waals surface area contributed by atoms with Crippen molar-refractivity contribution in [2.75, 3.05) is 13.2 Å². The molecule has 1 aliphatic rings. The number of carbonyl (C=O) groups excluding carboxylic acids is 1. The number of carboxylic acids is 1. The van der Waals surface area contributed by atoms with Gasteiger partial charge in [0.25, 0.3) is 0 Å². The van der Waals surface area contributed by atoms with Gasteiger partial charge in [-0.3, -0.25) is 4.79 Å². The molecule has 24 heavy (non-hydrogen) atoms. The van der Waals surface area contributed by atoms with Crippen LogP contribution in [0.15, 0.2) is 30.3 Å². The lowest BCUT2D eigenvalue weighted by Gasteiger charge is -2.38. The lowest BCUT2D eigenvalue weighted by Crippen LogP contribution is -2.52. The highest BCUT2D eigenvalue weighted by molar-refractivity contribution is 5.75. The predicted octanol–water partition coefficient (Wildman–Crippen LogP) is 2.02. The van der Waals surface area contributed by atoms with Crippen molar-refractivity contribution in [3.05, 3.63) is 35.9 Å². The van der Waals surface area contributed by atoms with Crippen molar-refractivity contribution in [3.8, 4) is 0 Å². The summed E-state index contributed by atoms with van der Waals surface area (Å²) in [5.41, 5.74) is 1.06. The van der Waals surface area contributed by atoms with E-state index in [4.69, 9.17) is 5.11 Å². The molecule has 2 rings (SSSR count). The number of aliphatic hydroxyl groups excluding tert-OH is 1. The number of carbonyl (C=O) groups is 2. The summed E-state index contributed by atoms with van der Waals surface area (Å²) < 4.78 is 0. The summed E-state index contributed by atoms with van der Waals surface area (Å²) in [6, 6.07) is 9.46. The number of urea groups is 1. The molecule has 0 aliphatic heterocycles. The quantitative estimate of drug-likeness (QED) is 0.644. The minimum Gasteiger partial charge on any atom is -0.481 e. The van der Waals surface area contributed by atoms with E-state index in [-0.39, 0.29) is 31.1 Å². The molecule has 1 atom stereocenters. The van der Waals surface area contributed by atoms with E-state index in [0.717, 1.165) is 24.8 Å². The average Bonchev–Trinajstić information content (AvgIpc) is 2.51. The second-order valence-corrected chi connectivity index (χ2v) is 6.27. The van der Waals surface area contributed by atoms with Crippen molar-refractivity contribution in [2.24, 2.45) is 0 Å². The Hall–Kier alpha value is -2.08. The first-order valence-electron chi connectivity index (χ1n) is 8.54. The minimum absolute atomic E-state index is 0.0151. The maximum atomic E-state index is 12.6. The third-order valence-corrected chi connectivity index (χ3v) is 4.48. The molecule has 1 aromatic rings. The van der Waals surface area contributed by atoms with Gasteiger partial charge in [-0.2, -0.15) is 0 Å². The van der Waals surface area contributed by atoms with Crippen molar-refractivity contribution in [2.45, 2.75) is 50.6 Å². The molecular weight excluding hydrogens is 308 g/mol. The van der Waals surface area contributed by atoms with E-state index in [1.807, 2.05) is 30.3 Å². The van der Waals surface area contributed by atoms with Crippen LogP contribution in [0.1, 0.15) is 37.7 Å². The number of hydrogen-bond acceptors (Lipinski definition) is 3. The van der Waals surface area contributed by atoms with Gasteiger partial charge in [0.2, 0.25) is 0 Å². The fraction of sp³-hybridized carbons (Fsp3) is 0.556. The highest BCUT2D eigenvalue weighted by Gasteiger charge is 2.29. The molecule has 2 amide bonds. The molecule has 0 saturated heterocycles. The first kappa shape index (κ1) is 18.3. The monoisotopic (exact) mass is 334 g/mol. The zero-order chi connectivity index (χ0) is 17.4. The summed E-state index contributed by atoms with van der Waals surface area (Å²) >= 11 is 0. The number of benzene rings is 1. The Morgan fingerprint density at radius 3 is 2.50 bits per heavy atom. The van der Waals surface area contributed by atoms with Crippen molar-refractivity contribution in [1.82, 2.24) is 10.2 Å². The van der Waals surface area contributed by atoms with E-state index in [0.29, 0.717) is 19.4 Å². The van der Waals surface area contributed by atoms with Gasteiger partial charge in [-0.15, -0.1) is 0 Å². The van der Waals surface area contributed by atoms with Gasteiger partial charge in [0.1, 0.15) is 0 Å². The summed E-state index contributed by atoms with van der Waals surface area (Å²) in [6.45, 7) is 0.246. The van der Waals surface area contributed by atoms with Crippen molar-refractivity contribution < 1.29 is 19.8 Å². The van der Waals surface area contributed by atoms with E-state index in [9.17, 15) is 14.7 Å². The number of nitrogens with one attached hydrogen (secondary N) is 1. The molecule has 1 aromatic carbocycles. The first-order valence-corrected chi connectivity index (χ1v) is 8.54. The highest BCUT2D eigenvalue weighted by atomic mass is 16.4. The third-order valence-electron chi connectivity index (χ3n) is 4.48. The van der Waals surface area contributed by atoms with Gasteiger partial charge in [0.15, 0.2) is 0 Å². The number of hydrogen-bond donors (Lipinski definition) is 3. The van der Waals surface area contributed by atoms with Crippen LogP contribution in [0.3, 0.4) is 0 Å². The molecule has 6 nitrogen and oxygen atoms in total. The molecule has 6 heteroatoms. The zero-order valence-corrected chi connectivity index (χ0v) is 13.9. The van der Waals surface area contributed by atoms with E-state index in [2.05, 4.69) is 5.32 Å². The normalized spacial score (nSPS) is 15.4. The molecule has 0 heterocycles. The SMILES string of the molecule is O=C(O)CCC(Cc1ccccc1)NC(=O)N(CCO)C1CCC1. The summed E-state index contributed by atoms with van der Waals surface area (Å²) in [7, 11) is 0. The Kier molecular flexibility index (Phi) is 7.06. The first-order chi connectivity index (χ1) is 11.6. The molecule has 0 spiro atoms. The highest BCUT2D eigenvalue weighted by Crippen LogP contribution is 2.24. The van der Waals surface area contributed by atoms with Crippen LogP contribution >= 0.6 is 0 Å². The van der Waals surface area contributed by atoms with Gasteiger partial charge < -0.3 is 20.4 Å². The zero-order valence-electron chi connectivity index (χ0n) is 13.9. The van der Waals surface area contributed by atoms with E-state index >= 15 is 0 Å². The van der Waals surface area contributed by atoms with Gasteiger partial charge in [0.05, 0.1) is 6.61 Å². The number of nitrogens with zero attached hydrogens (tertiary/aromatic N) is 1. The fourth-order valence-corrected chi connectivity index (χ4v) is 2.94. The van der Waals surface area contributed by atoms with Crippen molar-refractivity contribution in [3.63, 3.8) is 0 Å². The topological polar surface area (TPSA) is 89.9 Å². The Morgan fingerprint density at radius 1 is 1.25 bits per heavy atom. The van der Waals surface area contributed by atoms with Crippen LogP contribution in [0.25, 0.3) is 0 Å². The maximum Gasteiger partial charge on any atom is 0.317 e. The number of carboxylic acid groups (broad SMARTS) is 1. The molecular formula is C18H26N2O4. The van der Waals surface area contributed by atoms with Gasteiger partial charge in [-0.25, -0.2) is 4.79 Å². The van der Waals surface area contributed by atoms with Crippen LogP contribution in [-0.2, 0) is 11.2 Å². The Bertz CT molecular complexity index is 531.